The summed E-state index contributed by atoms with van der Waals surface area (Å²) in [5, 5.41) is 49.1. The number of rotatable bonds is 3. The molecule has 1 aliphatic heterocycles. The summed E-state index contributed by atoms with van der Waals surface area (Å²) in [4.78, 5) is 11.0. The van der Waals surface area contributed by atoms with Gasteiger partial charge in [0.25, 0.3) is 0 Å². The summed E-state index contributed by atoms with van der Waals surface area (Å²) >= 11 is 0. The van der Waals surface area contributed by atoms with Gasteiger partial charge in [-0.15, -0.1) is 0 Å². The summed E-state index contributed by atoms with van der Waals surface area (Å²) in [5.41, 5.74) is -2.57. The fourth-order valence-corrected chi connectivity index (χ4v) is 1.49. The first kappa shape index (κ1) is 14.0. The molecule has 5 atom stereocenters. The Morgan fingerprint density at radius 1 is 1.47 bits per heavy atom. The Morgan fingerprint density at radius 3 is 2.53 bits per heavy atom. The monoisotopic (exact) mass is 249 g/mol. The fourth-order valence-electron chi connectivity index (χ4n) is 1.49. The largest absolute Gasteiger partial charge is 0.394 e. The van der Waals surface area contributed by atoms with Crippen LogP contribution in [0.1, 0.15) is 0 Å². The highest BCUT2D eigenvalue weighted by atomic mass is 16.6. The van der Waals surface area contributed by atoms with Gasteiger partial charge in [-0.3, -0.25) is 4.79 Å². The summed E-state index contributed by atoms with van der Waals surface area (Å²) in [7, 11) is 0. The van der Waals surface area contributed by atoms with Crippen LogP contribution < -0.4 is 5.32 Å². The molecule has 1 unspecified atom stereocenters. The van der Waals surface area contributed by atoms with Crippen molar-refractivity contribution < 1.29 is 35.1 Å². The topological polar surface area (TPSA) is 139 Å². The summed E-state index contributed by atoms with van der Waals surface area (Å²) < 4.78 is 4.68. The summed E-state index contributed by atoms with van der Waals surface area (Å²) in [6.07, 6.45) is -6.05. The van der Waals surface area contributed by atoms with Crippen molar-refractivity contribution >= 4 is 5.91 Å². The van der Waals surface area contributed by atoms with Crippen LogP contribution in [0.4, 0.5) is 0 Å². The first-order chi connectivity index (χ1) is 7.86. The van der Waals surface area contributed by atoms with E-state index in [0.29, 0.717) is 0 Å². The second-order valence-electron chi connectivity index (χ2n) is 3.66. The summed E-state index contributed by atoms with van der Waals surface area (Å²) in [5.74, 6) is -0.871. The molecule has 17 heavy (non-hydrogen) atoms. The van der Waals surface area contributed by atoms with Crippen molar-refractivity contribution in [2.24, 2.45) is 0 Å². The zero-order valence-electron chi connectivity index (χ0n) is 8.85. The molecule has 0 radical (unpaired) electrons. The average Bonchev–Trinajstić information content (AvgIpc) is 2.31. The maximum Gasteiger partial charge on any atom is 0.245 e. The van der Waals surface area contributed by atoms with Crippen LogP contribution >= 0.6 is 0 Å². The van der Waals surface area contributed by atoms with Crippen LogP contribution in [0.3, 0.4) is 0 Å². The number of ether oxygens (including phenoxy) is 1. The lowest BCUT2D eigenvalue weighted by Gasteiger charge is -2.45. The molecule has 0 bridgehead atoms. The normalized spacial score (nSPS) is 41.9. The molecule has 1 saturated heterocycles. The lowest BCUT2D eigenvalue weighted by atomic mass is 9.93. The molecule has 0 spiro atoms. The Morgan fingerprint density at radius 2 is 2.06 bits per heavy atom. The second kappa shape index (κ2) is 5.08. The minimum absolute atomic E-state index is 0.666. The lowest BCUT2D eigenvalue weighted by Crippen LogP contribution is -2.73. The minimum atomic E-state index is -2.57. The molecule has 1 rings (SSSR count). The smallest absolute Gasteiger partial charge is 0.245 e. The number of carbonyl (C=O) groups is 1. The molecule has 0 saturated carbocycles. The van der Waals surface area contributed by atoms with Crippen LogP contribution in [0.25, 0.3) is 0 Å². The molecule has 1 aliphatic rings. The summed E-state index contributed by atoms with van der Waals surface area (Å²) in [6, 6.07) is 0. The molecule has 1 heterocycles. The molecule has 8 nitrogen and oxygen atoms in total. The fraction of sp³-hybridized carbons (Fsp3) is 0.667. The van der Waals surface area contributed by atoms with Gasteiger partial charge in [0.05, 0.1) is 6.61 Å². The summed E-state index contributed by atoms with van der Waals surface area (Å²) in [6.45, 7) is 2.46. The number of carbonyl (C=O) groups excluding carboxylic acids is 1. The van der Waals surface area contributed by atoms with E-state index in [1.54, 1.807) is 0 Å². The van der Waals surface area contributed by atoms with Gasteiger partial charge in [0.1, 0.15) is 18.3 Å². The van der Waals surface area contributed by atoms with Crippen LogP contribution in [0, 0.1) is 0 Å². The van der Waals surface area contributed by atoms with E-state index in [2.05, 4.69) is 11.3 Å². The number of amides is 1. The van der Waals surface area contributed by atoms with Crippen molar-refractivity contribution in [3.05, 3.63) is 12.7 Å². The second-order valence-corrected chi connectivity index (χ2v) is 3.66. The van der Waals surface area contributed by atoms with Crippen molar-refractivity contribution in [1.29, 1.82) is 0 Å². The number of aliphatic hydroxyl groups is 5. The van der Waals surface area contributed by atoms with Crippen LogP contribution in [0.5, 0.6) is 0 Å². The number of nitrogens with one attached hydrogen (secondary N) is 1. The van der Waals surface area contributed by atoms with Crippen molar-refractivity contribution in [3.63, 3.8) is 0 Å². The van der Waals surface area contributed by atoms with E-state index in [0.717, 1.165) is 6.08 Å². The third-order valence-electron chi connectivity index (χ3n) is 2.52. The Labute approximate surface area is 96.8 Å². The molecule has 1 fully saturated rings. The molecular formula is C9H15NO7. The van der Waals surface area contributed by atoms with Gasteiger partial charge in [0, 0.05) is 0 Å². The number of hydrogen-bond donors (Lipinski definition) is 6. The molecule has 0 aromatic rings. The standard InChI is InChI=1S/C9H15NO7/c1-2-5(12)10-9(16)7(14)6(13)4(3-11)17-8(9)15/h2,4,6-8,11,13-16H,1,3H2,(H,10,12)/t4-,6-,7+,8?,9-/m1/s1. The van der Waals surface area contributed by atoms with Crippen LogP contribution in [0.2, 0.25) is 0 Å². The van der Waals surface area contributed by atoms with Crippen molar-refractivity contribution in [2.75, 3.05) is 6.61 Å². The molecule has 98 valence electrons. The molecule has 0 aromatic carbocycles. The Hall–Kier alpha value is -1.03. The predicted molar refractivity (Wildman–Crippen MR) is 53.3 cm³/mol. The van der Waals surface area contributed by atoms with E-state index >= 15 is 0 Å². The molecular weight excluding hydrogens is 234 g/mol. The molecule has 6 N–H and O–H groups in total. The number of aliphatic hydroxyl groups excluding tert-OH is 4. The quantitative estimate of drug-likeness (QED) is 0.224. The van der Waals surface area contributed by atoms with Gasteiger partial charge in [-0.1, -0.05) is 6.58 Å². The molecule has 1 amide bonds. The SMILES string of the molecule is C=CC(=O)N[C@]1(O)C(O)O[C@H](CO)[C@@H](O)[C@@H]1O. The zero-order chi connectivity index (χ0) is 13.2. The van der Waals surface area contributed by atoms with Gasteiger partial charge >= 0.3 is 0 Å². The van der Waals surface area contributed by atoms with E-state index < -0.39 is 42.8 Å². The van der Waals surface area contributed by atoms with E-state index in [-0.39, 0.29) is 0 Å². The number of hydrogen-bond acceptors (Lipinski definition) is 7. The van der Waals surface area contributed by atoms with Gasteiger partial charge < -0.3 is 35.6 Å². The first-order valence-corrected chi connectivity index (χ1v) is 4.84. The lowest BCUT2D eigenvalue weighted by molar-refractivity contribution is -0.335. The van der Waals surface area contributed by atoms with Gasteiger partial charge in [-0.25, -0.2) is 0 Å². The van der Waals surface area contributed by atoms with E-state index in [1.165, 1.54) is 0 Å². The maximum absolute atomic E-state index is 11.0. The Bertz CT molecular complexity index is 310. The highest BCUT2D eigenvalue weighted by molar-refractivity contribution is 5.87. The highest BCUT2D eigenvalue weighted by Crippen LogP contribution is 2.26. The molecule has 8 heteroatoms. The Kier molecular flexibility index (Phi) is 4.20. The van der Waals surface area contributed by atoms with Crippen LogP contribution in [0.15, 0.2) is 12.7 Å². The minimum Gasteiger partial charge on any atom is -0.394 e. The van der Waals surface area contributed by atoms with E-state index in [4.69, 9.17) is 5.11 Å². The zero-order valence-corrected chi connectivity index (χ0v) is 8.85. The van der Waals surface area contributed by atoms with Crippen molar-refractivity contribution in [2.45, 2.75) is 30.3 Å². The predicted octanol–water partition coefficient (Wildman–Crippen LogP) is -3.59. The van der Waals surface area contributed by atoms with Crippen molar-refractivity contribution in [1.82, 2.24) is 5.32 Å². The Balaban J connectivity index is 2.91. The van der Waals surface area contributed by atoms with Gasteiger partial charge in [0.2, 0.25) is 17.9 Å². The van der Waals surface area contributed by atoms with Gasteiger partial charge in [-0.05, 0) is 6.08 Å². The van der Waals surface area contributed by atoms with E-state index in [1.807, 2.05) is 5.32 Å². The third kappa shape index (κ3) is 2.46. The van der Waals surface area contributed by atoms with Gasteiger partial charge in [-0.2, -0.15) is 0 Å². The average molecular weight is 249 g/mol. The third-order valence-corrected chi connectivity index (χ3v) is 2.52. The van der Waals surface area contributed by atoms with Crippen LogP contribution in [-0.2, 0) is 9.53 Å². The van der Waals surface area contributed by atoms with Crippen molar-refractivity contribution in [3.8, 4) is 0 Å². The van der Waals surface area contributed by atoms with E-state index in [9.17, 15) is 25.2 Å². The molecule has 0 aliphatic carbocycles. The maximum atomic E-state index is 11.0. The first-order valence-electron chi connectivity index (χ1n) is 4.84. The van der Waals surface area contributed by atoms with Crippen LogP contribution in [-0.4, -0.2) is 68.4 Å². The highest BCUT2D eigenvalue weighted by Gasteiger charge is 2.55. The van der Waals surface area contributed by atoms with Gasteiger partial charge in [0.15, 0.2) is 0 Å². The molecule has 0 aromatic heterocycles.